The molecule has 1 N–H and O–H groups in total. The SMILES string of the molecule is Cc1ccc(C)c(N2C(=O)c3ccc(C(=O)Nc4ccc(-c5cn6ccsc6n5)cc4)cc3C2=O)c1. The average Bonchev–Trinajstić information content (AvgIpc) is 3.54. The first-order valence-corrected chi connectivity index (χ1v) is 12.2. The Kier molecular flexibility index (Phi) is 5.05. The molecule has 3 amide bonds. The van der Waals surface area contributed by atoms with Gasteiger partial charge in [-0.05, 0) is 61.4 Å². The van der Waals surface area contributed by atoms with Gasteiger partial charge < -0.3 is 5.32 Å². The van der Waals surface area contributed by atoms with Gasteiger partial charge >= 0.3 is 0 Å². The Morgan fingerprint density at radius 2 is 1.69 bits per heavy atom. The quantitative estimate of drug-likeness (QED) is 0.325. The van der Waals surface area contributed by atoms with Crippen LogP contribution >= 0.6 is 11.3 Å². The second kappa shape index (κ2) is 8.28. The fraction of sp³-hybridized carbons (Fsp3) is 0.0714. The zero-order valence-corrected chi connectivity index (χ0v) is 20.3. The summed E-state index contributed by atoms with van der Waals surface area (Å²) >= 11 is 1.57. The third-order valence-corrected chi connectivity index (χ3v) is 7.06. The molecule has 0 radical (unpaired) electrons. The number of carbonyl (C=O) groups excluding carboxylic acids is 3. The highest BCUT2D eigenvalue weighted by molar-refractivity contribution is 7.15. The van der Waals surface area contributed by atoms with Crippen molar-refractivity contribution >= 4 is 45.4 Å². The van der Waals surface area contributed by atoms with Crippen LogP contribution in [0.5, 0.6) is 0 Å². The summed E-state index contributed by atoms with van der Waals surface area (Å²) in [6.45, 7) is 3.77. The predicted octanol–water partition coefficient (Wildman–Crippen LogP) is 5.73. The van der Waals surface area contributed by atoms with E-state index in [2.05, 4.69) is 10.3 Å². The molecular weight excluding hydrogens is 472 g/mol. The van der Waals surface area contributed by atoms with Gasteiger partial charge in [0.15, 0.2) is 4.96 Å². The van der Waals surface area contributed by atoms with E-state index >= 15 is 0 Å². The molecule has 8 heteroatoms. The van der Waals surface area contributed by atoms with Gasteiger partial charge in [0.2, 0.25) is 0 Å². The second-order valence-electron chi connectivity index (χ2n) is 8.75. The lowest BCUT2D eigenvalue weighted by Crippen LogP contribution is -2.30. The van der Waals surface area contributed by atoms with Crippen LogP contribution in [0.3, 0.4) is 0 Å². The van der Waals surface area contributed by atoms with E-state index < -0.39 is 5.91 Å². The maximum absolute atomic E-state index is 13.2. The minimum absolute atomic E-state index is 0.226. The largest absolute Gasteiger partial charge is 0.322 e. The van der Waals surface area contributed by atoms with Crippen LogP contribution in [0.4, 0.5) is 11.4 Å². The molecule has 0 atom stereocenters. The highest BCUT2D eigenvalue weighted by atomic mass is 32.1. The molecule has 0 saturated heterocycles. The molecule has 2 aromatic heterocycles. The molecule has 6 rings (SSSR count). The fourth-order valence-corrected chi connectivity index (χ4v) is 5.06. The second-order valence-corrected chi connectivity index (χ2v) is 9.62. The van der Waals surface area contributed by atoms with Gasteiger partial charge in [-0.2, -0.15) is 0 Å². The number of benzene rings is 3. The Morgan fingerprint density at radius 3 is 2.47 bits per heavy atom. The standard InChI is InChI=1S/C28H20N4O3S/c1-16-3-4-17(2)24(13-16)32-26(34)21-10-7-19(14-22(21)27(32)35)25(33)29-20-8-5-18(6-9-20)23-15-31-11-12-36-28(31)30-23/h3-15H,1-2H3,(H,29,33). The van der Waals surface area contributed by atoms with Gasteiger partial charge in [-0.15, -0.1) is 11.3 Å². The Hall–Kier alpha value is -4.56. The lowest BCUT2D eigenvalue weighted by Gasteiger charge is -2.17. The fourth-order valence-electron chi connectivity index (χ4n) is 4.36. The molecular formula is C28H20N4O3S. The van der Waals surface area contributed by atoms with Crippen molar-refractivity contribution in [2.24, 2.45) is 0 Å². The average molecular weight is 493 g/mol. The number of nitrogens with zero attached hydrogens (tertiary/aromatic N) is 3. The third-order valence-electron chi connectivity index (χ3n) is 6.29. The maximum atomic E-state index is 13.2. The summed E-state index contributed by atoms with van der Waals surface area (Å²) in [6.07, 6.45) is 3.92. The summed E-state index contributed by atoms with van der Waals surface area (Å²) in [7, 11) is 0. The summed E-state index contributed by atoms with van der Waals surface area (Å²) in [6, 6.07) is 17.7. The number of rotatable bonds is 4. The number of anilines is 2. The van der Waals surface area contributed by atoms with Crippen LogP contribution in [-0.2, 0) is 0 Å². The van der Waals surface area contributed by atoms with E-state index in [4.69, 9.17) is 0 Å². The topological polar surface area (TPSA) is 83.8 Å². The molecule has 0 unspecified atom stereocenters. The van der Waals surface area contributed by atoms with Gasteiger partial charge in [0.1, 0.15) is 0 Å². The zero-order valence-electron chi connectivity index (χ0n) is 19.5. The summed E-state index contributed by atoms with van der Waals surface area (Å²) in [5.74, 6) is -1.17. The van der Waals surface area contributed by atoms with E-state index in [0.29, 0.717) is 22.5 Å². The molecule has 176 valence electrons. The van der Waals surface area contributed by atoms with Gasteiger partial charge in [0.25, 0.3) is 17.7 Å². The number of imidazole rings is 1. The first kappa shape index (κ1) is 21.9. The van der Waals surface area contributed by atoms with Crippen LogP contribution in [-0.4, -0.2) is 27.1 Å². The van der Waals surface area contributed by atoms with Crippen molar-refractivity contribution in [3.05, 3.63) is 106 Å². The van der Waals surface area contributed by atoms with E-state index in [9.17, 15) is 14.4 Å². The minimum atomic E-state index is -0.428. The van der Waals surface area contributed by atoms with Crippen molar-refractivity contribution in [3.8, 4) is 11.3 Å². The molecule has 5 aromatic rings. The number of carbonyl (C=O) groups is 3. The molecule has 36 heavy (non-hydrogen) atoms. The Balaban J connectivity index is 1.22. The zero-order chi connectivity index (χ0) is 25.0. The van der Waals surface area contributed by atoms with Crippen molar-refractivity contribution in [2.45, 2.75) is 13.8 Å². The van der Waals surface area contributed by atoms with Crippen molar-refractivity contribution in [3.63, 3.8) is 0 Å². The predicted molar refractivity (Wildman–Crippen MR) is 140 cm³/mol. The van der Waals surface area contributed by atoms with Crippen molar-refractivity contribution in [2.75, 3.05) is 10.2 Å². The van der Waals surface area contributed by atoms with E-state index in [-0.39, 0.29) is 17.4 Å². The van der Waals surface area contributed by atoms with Gasteiger partial charge in [-0.3, -0.25) is 18.8 Å². The number of fused-ring (bicyclic) bond motifs is 2. The number of hydrogen-bond acceptors (Lipinski definition) is 5. The smallest absolute Gasteiger partial charge is 0.266 e. The summed E-state index contributed by atoms with van der Waals surface area (Å²) < 4.78 is 1.97. The summed E-state index contributed by atoms with van der Waals surface area (Å²) in [4.78, 5) is 45.9. The summed E-state index contributed by atoms with van der Waals surface area (Å²) in [5, 5.41) is 4.84. The van der Waals surface area contributed by atoms with Crippen LogP contribution < -0.4 is 10.2 Å². The molecule has 3 heterocycles. The monoisotopic (exact) mass is 492 g/mol. The molecule has 0 fully saturated rings. The van der Waals surface area contributed by atoms with E-state index in [1.54, 1.807) is 23.5 Å². The lowest BCUT2D eigenvalue weighted by molar-refractivity contribution is 0.0925. The van der Waals surface area contributed by atoms with Crippen LogP contribution in [0.1, 0.15) is 42.2 Å². The highest BCUT2D eigenvalue weighted by Crippen LogP contribution is 2.32. The van der Waals surface area contributed by atoms with Gasteiger partial charge in [0.05, 0.1) is 22.5 Å². The molecule has 0 bridgehead atoms. The molecule has 7 nitrogen and oxygen atoms in total. The molecule has 0 saturated carbocycles. The van der Waals surface area contributed by atoms with Gasteiger partial charge in [-0.25, -0.2) is 9.88 Å². The number of imide groups is 1. The van der Waals surface area contributed by atoms with Crippen molar-refractivity contribution < 1.29 is 14.4 Å². The molecule has 3 aromatic carbocycles. The van der Waals surface area contributed by atoms with E-state index in [1.807, 2.05) is 78.5 Å². The maximum Gasteiger partial charge on any atom is 0.266 e. The van der Waals surface area contributed by atoms with Crippen LogP contribution in [0.15, 0.2) is 78.4 Å². The number of aryl methyl sites for hydroxylation is 2. The van der Waals surface area contributed by atoms with E-state index in [0.717, 1.165) is 27.3 Å². The number of hydrogen-bond donors (Lipinski definition) is 1. The van der Waals surface area contributed by atoms with Crippen molar-refractivity contribution in [1.82, 2.24) is 9.38 Å². The number of thiazole rings is 1. The van der Waals surface area contributed by atoms with Crippen LogP contribution in [0, 0.1) is 13.8 Å². The number of nitrogens with one attached hydrogen (secondary N) is 1. The minimum Gasteiger partial charge on any atom is -0.322 e. The Bertz CT molecular complexity index is 1670. The lowest BCUT2D eigenvalue weighted by atomic mass is 10.1. The number of amides is 3. The number of aromatic nitrogens is 2. The first-order chi connectivity index (χ1) is 17.4. The Morgan fingerprint density at radius 1 is 0.917 bits per heavy atom. The van der Waals surface area contributed by atoms with Gasteiger partial charge in [-0.1, -0.05) is 24.3 Å². The normalized spacial score (nSPS) is 12.9. The Labute approximate surface area is 210 Å². The van der Waals surface area contributed by atoms with Crippen LogP contribution in [0.25, 0.3) is 16.2 Å². The summed E-state index contributed by atoms with van der Waals surface area (Å²) in [5.41, 5.74) is 5.57. The molecule has 0 aliphatic carbocycles. The van der Waals surface area contributed by atoms with Crippen LogP contribution in [0.2, 0.25) is 0 Å². The van der Waals surface area contributed by atoms with Gasteiger partial charge in [0, 0.05) is 34.6 Å². The van der Waals surface area contributed by atoms with Crippen molar-refractivity contribution in [1.29, 1.82) is 0 Å². The highest BCUT2D eigenvalue weighted by Gasteiger charge is 2.37. The molecule has 1 aliphatic heterocycles. The third kappa shape index (κ3) is 3.59. The molecule has 0 spiro atoms. The van der Waals surface area contributed by atoms with E-state index in [1.165, 1.54) is 11.0 Å². The first-order valence-electron chi connectivity index (χ1n) is 11.3. The molecule has 1 aliphatic rings.